The molecule has 3 aromatic rings. The molecule has 4 atom stereocenters. The standard InChI is InChI=1S/C27H29ClN2O6/c1-14(2)26(32)35-13-27(7-8-27)16-5-3-15(4-6-16)23-17(28)9-18-19(30-23)10-22(29-18)36-21-12-34-24-20(31)11-33-25(21)24/h3-6,9-10,14,20-21,24-25,29,31H,7-8,11-13H2,1-2H3/t20-,21-,24?,25-/m1/s1. The summed E-state index contributed by atoms with van der Waals surface area (Å²) >= 11 is 6.61. The molecule has 2 N–H and O–H groups in total. The van der Waals surface area contributed by atoms with E-state index in [1.165, 1.54) is 0 Å². The zero-order valence-electron chi connectivity index (χ0n) is 20.2. The van der Waals surface area contributed by atoms with Gasteiger partial charge in [0, 0.05) is 17.0 Å². The summed E-state index contributed by atoms with van der Waals surface area (Å²) in [6.45, 7) is 4.71. The quantitative estimate of drug-likeness (QED) is 0.461. The molecule has 1 aliphatic carbocycles. The number of ether oxygens (including phenoxy) is 4. The van der Waals surface area contributed by atoms with Crippen LogP contribution in [-0.2, 0) is 24.4 Å². The highest BCUT2D eigenvalue weighted by atomic mass is 35.5. The van der Waals surface area contributed by atoms with E-state index < -0.39 is 6.10 Å². The Labute approximate surface area is 213 Å². The van der Waals surface area contributed by atoms with Crippen LogP contribution in [0.25, 0.3) is 22.3 Å². The van der Waals surface area contributed by atoms with Crippen molar-refractivity contribution in [1.29, 1.82) is 0 Å². The average Bonchev–Trinajstić information content (AvgIpc) is 3.18. The van der Waals surface area contributed by atoms with Crippen LogP contribution in [0.2, 0.25) is 5.02 Å². The number of benzene rings is 1. The minimum absolute atomic E-state index is 0.0842. The summed E-state index contributed by atoms with van der Waals surface area (Å²) < 4.78 is 22.9. The van der Waals surface area contributed by atoms with Crippen molar-refractivity contribution in [2.45, 2.75) is 56.5 Å². The number of aromatic nitrogens is 2. The number of fused-ring (bicyclic) bond motifs is 2. The third-order valence-electron chi connectivity index (χ3n) is 7.38. The van der Waals surface area contributed by atoms with Crippen molar-refractivity contribution < 1.29 is 28.8 Å². The van der Waals surface area contributed by atoms with Crippen LogP contribution in [0.1, 0.15) is 32.3 Å². The van der Waals surface area contributed by atoms with Crippen LogP contribution in [0.4, 0.5) is 0 Å². The number of rotatable bonds is 7. The molecule has 6 rings (SSSR count). The number of hydrogen-bond acceptors (Lipinski definition) is 7. The molecule has 8 nitrogen and oxygen atoms in total. The van der Waals surface area contributed by atoms with Crippen molar-refractivity contribution in [2.24, 2.45) is 5.92 Å². The van der Waals surface area contributed by atoms with Gasteiger partial charge in [0.2, 0.25) is 0 Å². The number of carbonyl (C=O) groups is 1. The maximum Gasteiger partial charge on any atom is 0.308 e. The molecule has 36 heavy (non-hydrogen) atoms. The summed E-state index contributed by atoms with van der Waals surface area (Å²) in [4.78, 5) is 19.9. The van der Waals surface area contributed by atoms with Gasteiger partial charge in [0.05, 0.1) is 40.9 Å². The normalized spacial score (nSPS) is 26.4. The smallest absolute Gasteiger partial charge is 0.308 e. The Hall–Kier alpha value is -2.65. The third-order valence-corrected chi connectivity index (χ3v) is 7.67. The molecule has 4 heterocycles. The number of nitrogens with zero attached hydrogens (tertiary/aromatic N) is 1. The van der Waals surface area contributed by atoms with E-state index in [1.807, 2.05) is 38.1 Å². The first-order valence-corrected chi connectivity index (χ1v) is 12.8. The molecule has 1 saturated carbocycles. The van der Waals surface area contributed by atoms with Gasteiger partial charge in [0.25, 0.3) is 0 Å². The Kier molecular flexibility index (Phi) is 5.95. The monoisotopic (exact) mass is 512 g/mol. The van der Waals surface area contributed by atoms with Crippen LogP contribution < -0.4 is 4.74 Å². The number of aromatic amines is 1. The average molecular weight is 513 g/mol. The van der Waals surface area contributed by atoms with Crippen LogP contribution in [0.15, 0.2) is 36.4 Å². The van der Waals surface area contributed by atoms with Gasteiger partial charge in [-0.05, 0) is 24.5 Å². The number of hydrogen-bond donors (Lipinski definition) is 2. The van der Waals surface area contributed by atoms with E-state index in [9.17, 15) is 9.90 Å². The van der Waals surface area contributed by atoms with Crippen molar-refractivity contribution in [1.82, 2.24) is 9.97 Å². The number of nitrogens with one attached hydrogen (secondary N) is 1. The van der Waals surface area contributed by atoms with Crippen molar-refractivity contribution in [3.05, 3.63) is 47.0 Å². The largest absolute Gasteiger partial charge is 0.470 e. The van der Waals surface area contributed by atoms with Gasteiger partial charge in [-0.15, -0.1) is 0 Å². The second-order valence-electron chi connectivity index (χ2n) is 10.3. The van der Waals surface area contributed by atoms with E-state index in [1.54, 1.807) is 0 Å². The summed E-state index contributed by atoms with van der Waals surface area (Å²) in [5.41, 5.74) is 4.17. The van der Waals surface area contributed by atoms with Crippen LogP contribution in [-0.4, -0.2) is 65.3 Å². The molecule has 3 fully saturated rings. The molecule has 190 valence electrons. The van der Waals surface area contributed by atoms with Gasteiger partial charge in [-0.2, -0.15) is 0 Å². The molecule has 1 aromatic carbocycles. The Morgan fingerprint density at radius 3 is 2.67 bits per heavy atom. The van der Waals surface area contributed by atoms with Crippen molar-refractivity contribution in [3.63, 3.8) is 0 Å². The molecule has 2 aromatic heterocycles. The van der Waals surface area contributed by atoms with E-state index in [2.05, 4.69) is 17.1 Å². The molecule has 0 radical (unpaired) electrons. The molecular weight excluding hydrogens is 484 g/mol. The van der Waals surface area contributed by atoms with Gasteiger partial charge in [0.1, 0.15) is 24.9 Å². The minimum atomic E-state index is -0.620. The topological polar surface area (TPSA) is 103 Å². The third kappa shape index (κ3) is 4.26. The highest BCUT2D eigenvalue weighted by Gasteiger charge is 2.48. The lowest BCUT2D eigenvalue weighted by molar-refractivity contribution is -0.148. The number of esters is 1. The van der Waals surface area contributed by atoms with E-state index in [0.717, 1.165) is 35.0 Å². The first kappa shape index (κ1) is 23.7. The maximum atomic E-state index is 11.9. The molecule has 0 amide bonds. The van der Waals surface area contributed by atoms with Gasteiger partial charge in [-0.1, -0.05) is 49.7 Å². The SMILES string of the molecule is CC(C)C(=O)OCC1(c2ccc(-c3nc4cc(O[C@@H]5COC6[C@H](O)CO[C@@H]65)[nH]c4cc3Cl)cc2)CC1. The zero-order chi connectivity index (χ0) is 25.0. The lowest BCUT2D eigenvalue weighted by Crippen LogP contribution is -2.34. The summed E-state index contributed by atoms with van der Waals surface area (Å²) in [6, 6.07) is 11.9. The predicted octanol–water partition coefficient (Wildman–Crippen LogP) is 4.02. The molecule has 2 saturated heterocycles. The lowest BCUT2D eigenvalue weighted by atomic mass is 9.95. The van der Waals surface area contributed by atoms with E-state index in [0.29, 0.717) is 29.8 Å². The Morgan fingerprint density at radius 1 is 1.19 bits per heavy atom. The molecule has 9 heteroatoms. The van der Waals surface area contributed by atoms with Crippen molar-refractivity contribution >= 4 is 28.6 Å². The number of halogens is 1. The van der Waals surface area contributed by atoms with Gasteiger partial charge in [-0.25, -0.2) is 4.98 Å². The minimum Gasteiger partial charge on any atom is -0.470 e. The molecule has 1 unspecified atom stereocenters. The number of aliphatic hydroxyl groups excluding tert-OH is 1. The second-order valence-corrected chi connectivity index (χ2v) is 10.7. The van der Waals surface area contributed by atoms with Crippen LogP contribution in [0.5, 0.6) is 5.88 Å². The van der Waals surface area contributed by atoms with E-state index in [4.69, 9.17) is 35.5 Å². The number of H-pyrrole nitrogens is 1. The number of pyridine rings is 1. The number of carbonyl (C=O) groups excluding carboxylic acids is 1. The number of aliphatic hydroxyl groups is 1. The van der Waals surface area contributed by atoms with Crippen LogP contribution >= 0.6 is 11.6 Å². The highest BCUT2D eigenvalue weighted by molar-refractivity contribution is 6.33. The van der Waals surface area contributed by atoms with Crippen LogP contribution in [0, 0.1) is 5.92 Å². The van der Waals surface area contributed by atoms with Crippen LogP contribution in [0.3, 0.4) is 0 Å². The van der Waals surface area contributed by atoms with Gasteiger partial charge in [0.15, 0.2) is 12.0 Å². The molecule has 2 aliphatic heterocycles. The molecular formula is C27H29ClN2O6. The fourth-order valence-electron chi connectivity index (χ4n) is 5.01. The summed E-state index contributed by atoms with van der Waals surface area (Å²) in [5, 5.41) is 10.5. The summed E-state index contributed by atoms with van der Waals surface area (Å²) in [7, 11) is 0. The fourth-order valence-corrected chi connectivity index (χ4v) is 5.27. The zero-order valence-corrected chi connectivity index (χ0v) is 21.0. The molecule has 3 aliphatic rings. The highest BCUT2D eigenvalue weighted by Crippen LogP contribution is 2.49. The lowest BCUT2D eigenvalue weighted by Gasteiger charge is -2.17. The van der Waals surface area contributed by atoms with Gasteiger partial charge < -0.3 is 29.0 Å². The summed E-state index contributed by atoms with van der Waals surface area (Å²) in [6.07, 6.45) is 0.445. The van der Waals surface area contributed by atoms with E-state index >= 15 is 0 Å². The first-order valence-electron chi connectivity index (χ1n) is 12.4. The Bertz CT molecular complexity index is 1290. The van der Waals surface area contributed by atoms with Gasteiger partial charge in [-0.3, -0.25) is 4.79 Å². The van der Waals surface area contributed by atoms with Gasteiger partial charge >= 0.3 is 5.97 Å². The maximum absolute atomic E-state index is 11.9. The molecule has 0 bridgehead atoms. The Balaban J connectivity index is 1.19. The van der Waals surface area contributed by atoms with Crippen molar-refractivity contribution in [2.75, 3.05) is 19.8 Å². The van der Waals surface area contributed by atoms with E-state index in [-0.39, 0.29) is 42.2 Å². The fraction of sp³-hybridized carbons (Fsp3) is 0.481. The summed E-state index contributed by atoms with van der Waals surface area (Å²) in [5.74, 6) is 0.260. The predicted molar refractivity (Wildman–Crippen MR) is 133 cm³/mol. The molecule has 0 spiro atoms. The first-order chi connectivity index (χ1) is 17.3. The Morgan fingerprint density at radius 2 is 1.94 bits per heavy atom. The van der Waals surface area contributed by atoms with Crippen molar-refractivity contribution in [3.8, 4) is 17.1 Å². The second kappa shape index (κ2) is 9.03.